The summed E-state index contributed by atoms with van der Waals surface area (Å²) in [5, 5.41) is 4.15. The van der Waals surface area contributed by atoms with Crippen LogP contribution >= 0.6 is 0 Å². The van der Waals surface area contributed by atoms with E-state index in [0.717, 1.165) is 12.1 Å². The van der Waals surface area contributed by atoms with Crippen LogP contribution in [-0.2, 0) is 11.3 Å². The van der Waals surface area contributed by atoms with Crippen molar-refractivity contribution < 1.29 is 4.84 Å². The summed E-state index contributed by atoms with van der Waals surface area (Å²) in [6.07, 6.45) is 4.50. The minimum absolute atomic E-state index is 0.543. The summed E-state index contributed by atoms with van der Waals surface area (Å²) in [5.74, 6) is 4.97. The molecule has 2 aromatic rings. The molecule has 4 heteroatoms. The molecule has 1 heterocycles. The molecule has 0 atom stereocenters. The Balaban J connectivity index is 2.11. The molecule has 0 fully saturated rings. The Kier molecular flexibility index (Phi) is 3.11. The van der Waals surface area contributed by atoms with E-state index in [1.807, 2.05) is 29.1 Å². The highest BCUT2D eigenvalue weighted by atomic mass is 16.6. The Hall–Kier alpha value is -1.65. The molecule has 0 saturated carbocycles. The van der Waals surface area contributed by atoms with Crippen molar-refractivity contribution in [3.05, 3.63) is 48.3 Å². The van der Waals surface area contributed by atoms with Crippen LogP contribution in [0.5, 0.6) is 0 Å². The van der Waals surface area contributed by atoms with E-state index in [4.69, 9.17) is 5.90 Å². The van der Waals surface area contributed by atoms with E-state index in [1.165, 1.54) is 5.56 Å². The third kappa shape index (κ3) is 2.43. The lowest BCUT2D eigenvalue weighted by Gasteiger charge is -2.03. The van der Waals surface area contributed by atoms with Gasteiger partial charge in [0.25, 0.3) is 0 Å². The highest BCUT2D eigenvalue weighted by Gasteiger charge is 1.96. The highest BCUT2D eigenvalue weighted by Crippen LogP contribution is 2.08. The molecule has 0 amide bonds. The van der Waals surface area contributed by atoms with Gasteiger partial charge in [0.15, 0.2) is 0 Å². The van der Waals surface area contributed by atoms with Crippen LogP contribution < -0.4 is 5.90 Å². The van der Waals surface area contributed by atoms with Gasteiger partial charge in [-0.15, -0.1) is 0 Å². The van der Waals surface area contributed by atoms with Crippen LogP contribution in [0.1, 0.15) is 5.56 Å². The first-order valence-corrected chi connectivity index (χ1v) is 4.81. The monoisotopic (exact) mass is 203 g/mol. The molecule has 0 aliphatic heterocycles. The molecule has 0 aliphatic rings. The maximum atomic E-state index is 4.97. The molecule has 0 bridgehead atoms. The molecule has 0 saturated heterocycles. The largest absolute Gasteiger partial charge is 0.304 e. The number of nitrogens with two attached hydrogens (primary N) is 1. The lowest BCUT2D eigenvalue weighted by molar-refractivity contribution is 0.141. The van der Waals surface area contributed by atoms with Crippen molar-refractivity contribution in [3.63, 3.8) is 0 Å². The van der Waals surface area contributed by atoms with Gasteiger partial charge >= 0.3 is 0 Å². The lowest BCUT2D eigenvalue weighted by atomic mass is 10.1. The van der Waals surface area contributed by atoms with Crippen LogP contribution in [0.4, 0.5) is 0 Å². The SMILES string of the molecule is NOCCc1ccc(-n2cccn2)cc1. The first-order valence-electron chi connectivity index (χ1n) is 4.81. The third-order valence-corrected chi connectivity index (χ3v) is 2.21. The van der Waals surface area contributed by atoms with Crippen molar-refractivity contribution in [1.82, 2.24) is 9.78 Å². The van der Waals surface area contributed by atoms with Gasteiger partial charge in [-0.1, -0.05) is 12.1 Å². The number of nitrogens with zero attached hydrogens (tertiary/aromatic N) is 2. The van der Waals surface area contributed by atoms with Gasteiger partial charge in [-0.2, -0.15) is 5.10 Å². The summed E-state index contributed by atoms with van der Waals surface area (Å²) in [7, 11) is 0. The zero-order chi connectivity index (χ0) is 10.5. The molecule has 0 unspecified atom stereocenters. The summed E-state index contributed by atoms with van der Waals surface area (Å²) < 4.78 is 1.82. The normalized spacial score (nSPS) is 10.5. The Morgan fingerprint density at radius 3 is 2.67 bits per heavy atom. The van der Waals surface area contributed by atoms with E-state index in [9.17, 15) is 0 Å². The second-order valence-corrected chi connectivity index (χ2v) is 3.24. The molecule has 0 spiro atoms. The summed E-state index contributed by atoms with van der Waals surface area (Å²) in [6, 6.07) is 10.1. The molecule has 2 rings (SSSR count). The first-order chi connectivity index (χ1) is 7.40. The fraction of sp³-hybridized carbons (Fsp3) is 0.182. The smallest absolute Gasteiger partial charge is 0.0719 e. The Bertz CT molecular complexity index is 394. The Morgan fingerprint density at radius 2 is 2.07 bits per heavy atom. The molecule has 1 aromatic carbocycles. The van der Waals surface area contributed by atoms with Gasteiger partial charge in [0.1, 0.15) is 0 Å². The van der Waals surface area contributed by atoms with Crippen molar-refractivity contribution in [2.24, 2.45) is 5.90 Å². The topological polar surface area (TPSA) is 53.1 Å². The standard InChI is InChI=1S/C11H13N3O/c12-15-9-6-10-2-4-11(5-3-10)14-8-1-7-13-14/h1-5,7-8H,6,9,12H2. The van der Waals surface area contributed by atoms with Gasteiger partial charge in [0.05, 0.1) is 12.3 Å². The predicted octanol–water partition coefficient (Wildman–Crippen LogP) is 1.31. The minimum atomic E-state index is 0.543. The van der Waals surface area contributed by atoms with Crippen molar-refractivity contribution in [2.45, 2.75) is 6.42 Å². The lowest BCUT2D eigenvalue weighted by Crippen LogP contribution is -2.03. The van der Waals surface area contributed by atoms with Crippen molar-refractivity contribution in [2.75, 3.05) is 6.61 Å². The number of aromatic nitrogens is 2. The van der Waals surface area contributed by atoms with Crippen molar-refractivity contribution >= 4 is 0 Å². The van der Waals surface area contributed by atoms with Crippen LogP contribution in [0, 0.1) is 0 Å². The van der Waals surface area contributed by atoms with Crippen LogP contribution in [0.3, 0.4) is 0 Å². The fourth-order valence-electron chi connectivity index (χ4n) is 1.41. The summed E-state index contributed by atoms with van der Waals surface area (Å²) in [5.41, 5.74) is 2.26. The quantitative estimate of drug-likeness (QED) is 0.762. The van der Waals surface area contributed by atoms with Gasteiger partial charge in [-0.05, 0) is 30.2 Å². The third-order valence-electron chi connectivity index (χ3n) is 2.21. The van der Waals surface area contributed by atoms with E-state index in [1.54, 1.807) is 6.20 Å². The van der Waals surface area contributed by atoms with E-state index in [-0.39, 0.29) is 0 Å². The molecule has 78 valence electrons. The Labute approximate surface area is 88.2 Å². The summed E-state index contributed by atoms with van der Waals surface area (Å²) >= 11 is 0. The summed E-state index contributed by atoms with van der Waals surface area (Å²) in [4.78, 5) is 4.53. The molecule has 15 heavy (non-hydrogen) atoms. The fourth-order valence-corrected chi connectivity index (χ4v) is 1.41. The maximum Gasteiger partial charge on any atom is 0.0719 e. The minimum Gasteiger partial charge on any atom is -0.304 e. The predicted molar refractivity (Wildman–Crippen MR) is 57.4 cm³/mol. The van der Waals surface area contributed by atoms with E-state index >= 15 is 0 Å². The number of hydrogen-bond acceptors (Lipinski definition) is 3. The molecular formula is C11H13N3O. The molecule has 1 aromatic heterocycles. The molecule has 2 N–H and O–H groups in total. The van der Waals surface area contributed by atoms with Crippen LogP contribution in [-0.4, -0.2) is 16.4 Å². The summed E-state index contributed by atoms with van der Waals surface area (Å²) in [6.45, 7) is 0.543. The van der Waals surface area contributed by atoms with Crippen LogP contribution in [0.25, 0.3) is 5.69 Å². The molecular weight excluding hydrogens is 190 g/mol. The molecule has 4 nitrogen and oxygen atoms in total. The average molecular weight is 203 g/mol. The van der Waals surface area contributed by atoms with E-state index in [2.05, 4.69) is 22.1 Å². The van der Waals surface area contributed by atoms with Gasteiger partial charge in [0.2, 0.25) is 0 Å². The van der Waals surface area contributed by atoms with Crippen LogP contribution in [0.2, 0.25) is 0 Å². The average Bonchev–Trinajstić information content (AvgIpc) is 2.80. The Morgan fingerprint density at radius 1 is 1.27 bits per heavy atom. The number of rotatable bonds is 4. The molecule has 0 radical (unpaired) electrons. The zero-order valence-electron chi connectivity index (χ0n) is 8.34. The van der Waals surface area contributed by atoms with E-state index < -0.39 is 0 Å². The van der Waals surface area contributed by atoms with Crippen LogP contribution in [0.15, 0.2) is 42.7 Å². The number of benzene rings is 1. The molecule has 0 aliphatic carbocycles. The van der Waals surface area contributed by atoms with E-state index in [0.29, 0.717) is 6.61 Å². The highest BCUT2D eigenvalue weighted by molar-refractivity contribution is 5.33. The van der Waals surface area contributed by atoms with Gasteiger partial charge < -0.3 is 4.84 Å². The van der Waals surface area contributed by atoms with Gasteiger partial charge in [0, 0.05) is 12.4 Å². The number of hydrogen-bond donors (Lipinski definition) is 1. The van der Waals surface area contributed by atoms with Crippen molar-refractivity contribution in [3.8, 4) is 5.69 Å². The first kappa shape index (κ1) is 9.89. The maximum absolute atomic E-state index is 4.97. The van der Waals surface area contributed by atoms with Gasteiger partial charge in [-0.25, -0.2) is 10.6 Å². The second kappa shape index (κ2) is 4.72. The van der Waals surface area contributed by atoms with Gasteiger partial charge in [-0.3, -0.25) is 0 Å². The zero-order valence-corrected chi connectivity index (χ0v) is 8.34. The second-order valence-electron chi connectivity index (χ2n) is 3.24. The van der Waals surface area contributed by atoms with Crippen molar-refractivity contribution in [1.29, 1.82) is 0 Å².